The van der Waals surface area contributed by atoms with Crippen molar-refractivity contribution in [2.24, 2.45) is 0 Å². The summed E-state index contributed by atoms with van der Waals surface area (Å²) in [6.45, 7) is 1.87. The van der Waals surface area contributed by atoms with E-state index in [0.29, 0.717) is 31.2 Å². The van der Waals surface area contributed by atoms with Crippen LogP contribution in [0.15, 0.2) is 58.8 Å². The van der Waals surface area contributed by atoms with Gasteiger partial charge in [0, 0.05) is 42.1 Å². The van der Waals surface area contributed by atoms with E-state index in [1.54, 1.807) is 17.4 Å². The summed E-state index contributed by atoms with van der Waals surface area (Å²) in [6.07, 6.45) is 0. The van der Waals surface area contributed by atoms with Crippen LogP contribution in [0.4, 0.5) is 5.13 Å². The minimum Gasteiger partial charge on any atom is -0.345 e. The molecule has 0 saturated carbocycles. The van der Waals surface area contributed by atoms with Gasteiger partial charge < -0.3 is 4.90 Å². The first kappa shape index (κ1) is 19.7. The Morgan fingerprint density at radius 3 is 2.39 bits per heavy atom. The molecule has 5 nitrogen and oxygen atoms in total. The molecule has 4 rings (SSSR count). The molecule has 0 bridgehead atoms. The molecule has 2 heterocycles. The van der Waals surface area contributed by atoms with Crippen molar-refractivity contribution in [1.82, 2.24) is 9.29 Å². The zero-order valence-corrected chi connectivity index (χ0v) is 17.9. The maximum absolute atomic E-state index is 12.9. The van der Waals surface area contributed by atoms with Gasteiger partial charge in [-0.1, -0.05) is 53.5 Å². The second-order valence-corrected chi connectivity index (χ2v) is 9.93. The third-order valence-corrected chi connectivity index (χ3v) is 8.10. The molecule has 0 aliphatic carbocycles. The maximum atomic E-state index is 12.9. The largest absolute Gasteiger partial charge is 0.345 e. The first-order valence-corrected chi connectivity index (χ1v) is 11.7. The van der Waals surface area contributed by atoms with Crippen molar-refractivity contribution in [3.8, 4) is 11.3 Å². The van der Waals surface area contributed by atoms with Crippen LogP contribution in [-0.2, 0) is 10.0 Å². The Balaban J connectivity index is 1.48. The Morgan fingerprint density at radius 2 is 1.68 bits per heavy atom. The zero-order valence-electron chi connectivity index (χ0n) is 14.8. The maximum Gasteiger partial charge on any atom is 0.244 e. The first-order valence-electron chi connectivity index (χ1n) is 8.66. The molecule has 1 aliphatic heterocycles. The molecule has 2 aromatic carbocycles. The molecule has 0 unspecified atom stereocenters. The molecular formula is C19H17Cl2N3O2S2. The van der Waals surface area contributed by atoms with Crippen molar-refractivity contribution < 1.29 is 8.42 Å². The summed E-state index contributed by atoms with van der Waals surface area (Å²) in [6, 6.07) is 14.5. The van der Waals surface area contributed by atoms with Gasteiger partial charge in [0.15, 0.2) is 5.13 Å². The van der Waals surface area contributed by atoms with Gasteiger partial charge in [0.25, 0.3) is 0 Å². The number of halogens is 2. The van der Waals surface area contributed by atoms with E-state index in [2.05, 4.69) is 4.90 Å². The van der Waals surface area contributed by atoms with E-state index in [1.807, 2.05) is 35.7 Å². The predicted octanol–water partition coefficient (Wildman–Crippen LogP) is 4.63. The minimum atomic E-state index is -3.69. The van der Waals surface area contributed by atoms with E-state index in [0.717, 1.165) is 16.4 Å². The van der Waals surface area contributed by atoms with Crippen molar-refractivity contribution in [2.45, 2.75) is 4.90 Å². The van der Waals surface area contributed by atoms with Crippen LogP contribution in [-0.4, -0.2) is 43.9 Å². The lowest BCUT2D eigenvalue weighted by molar-refractivity contribution is 0.385. The summed E-state index contributed by atoms with van der Waals surface area (Å²) in [5.74, 6) is 0. The lowest BCUT2D eigenvalue weighted by atomic mass is 10.2. The molecule has 28 heavy (non-hydrogen) atoms. The smallest absolute Gasteiger partial charge is 0.244 e. The number of piperazine rings is 1. The van der Waals surface area contributed by atoms with Crippen LogP contribution in [0.25, 0.3) is 11.3 Å². The van der Waals surface area contributed by atoms with Crippen molar-refractivity contribution >= 4 is 49.7 Å². The van der Waals surface area contributed by atoms with Crippen LogP contribution >= 0.6 is 34.5 Å². The molecule has 0 N–H and O–H groups in total. The van der Waals surface area contributed by atoms with E-state index in [1.165, 1.54) is 16.4 Å². The van der Waals surface area contributed by atoms with Gasteiger partial charge in [-0.2, -0.15) is 4.31 Å². The summed E-state index contributed by atoms with van der Waals surface area (Å²) in [7, 11) is -3.69. The van der Waals surface area contributed by atoms with Gasteiger partial charge in [0.1, 0.15) is 4.90 Å². The third kappa shape index (κ3) is 3.90. The topological polar surface area (TPSA) is 53.5 Å². The second-order valence-electron chi connectivity index (χ2n) is 6.35. The quantitative estimate of drug-likeness (QED) is 0.577. The van der Waals surface area contributed by atoms with Crippen LogP contribution in [0.2, 0.25) is 10.0 Å². The molecule has 0 spiro atoms. The fraction of sp³-hybridized carbons (Fsp3) is 0.211. The summed E-state index contributed by atoms with van der Waals surface area (Å²) < 4.78 is 27.3. The molecule has 1 aromatic heterocycles. The van der Waals surface area contributed by atoms with E-state index in [4.69, 9.17) is 28.2 Å². The summed E-state index contributed by atoms with van der Waals surface area (Å²) in [5, 5.41) is 3.45. The van der Waals surface area contributed by atoms with Crippen molar-refractivity contribution in [3.63, 3.8) is 0 Å². The predicted molar refractivity (Wildman–Crippen MR) is 115 cm³/mol. The zero-order chi connectivity index (χ0) is 19.7. The van der Waals surface area contributed by atoms with Crippen molar-refractivity contribution in [3.05, 3.63) is 64.0 Å². The normalized spacial score (nSPS) is 15.7. The van der Waals surface area contributed by atoms with Crippen LogP contribution in [0.5, 0.6) is 0 Å². The summed E-state index contributed by atoms with van der Waals surface area (Å²) in [4.78, 5) is 6.88. The number of sulfonamides is 1. The number of hydrogen-bond acceptors (Lipinski definition) is 5. The fourth-order valence-electron chi connectivity index (χ4n) is 3.08. The first-order chi connectivity index (χ1) is 13.4. The molecule has 146 valence electrons. The van der Waals surface area contributed by atoms with Crippen LogP contribution in [0.3, 0.4) is 0 Å². The Morgan fingerprint density at radius 1 is 0.964 bits per heavy atom. The fourth-order valence-corrected chi connectivity index (χ4v) is 6.13. The van der Waals surface area contributed by atoms with E-state index in [-0.39, 0.29) is 9.92 Å². The van der Waals surface area contributed by atoms with Crippen LogP contribution in [0, 0.1) is 0 Å². The number of benzene rings is 2. The number of aromatic nitrogens is 1. The molecule has 1 aliphatic rings. The number of thiazole rings is 1. The lowest BCUT2D eigenvalue weighted by Crippen LogP contribution is -2.48. The third-order valence-electron chi connectivity index (χ3n) is 4.58. The SMILES string of the molecule is O=S(=O)(c1cc(Cl)ccc1Cl)N1CCN(c2nc(-c3ccccc3)cs2)CC1. The summed E-state index contributed by atoms with van der Waals surface area (Å²) >= 11 is 13.6. The second kappa shape index (κ2) is 8.00. The van der Waals surface area contributed by atoms with E-state index >= 15 is 0 Å². The molecule has 1 fully saturated rings. The Bertz CT molecular complexity index is 1080. The van der Waals surface area contributed by atoms with Gasteiger partial charge >= 0.3 is 0 Å². The average molecular weight is 454 g/mol. The van der Waals surface area contributed by atoms with Gasteiger partial charge in [-0.15, -0.1) is 11.3 Å². The minimum absolute atomic E-state index is 0.0516. The number of rotatable bonds is 4. The highest BCUT2D eigenvalue weighted by Crippen LogP contribution is 2.31. The molecule has 0 atom stereocenters. The Kier molecular flexibility index (Phi) is 5.62. The monoisotopic (exact) mass is 453 g/mol. The van der Waals surface area contributed by atoms with Crippen molar-refractivity contribution in [2.75, 3.05) is 31.1 Å². The van der Waals surface area contributed by atoms with Gasteiger partial charge in [-0.3, -0.25) is 0 Å². The van der Waals surface area contributed by atoms with Crippen LogP contribution in [0.1, 0.15) is 0 Å². The summed E-state index contributed by atoms with van der Waals surface area (Å²) in [5.41, 5.74) is 2.00. The van der Waals surface area contributed by atoms with Gasteiger partial charge in [-0.25, -0.2) is 13.4 Å². The number of nitrogens with zero attached hydrogens (tertiary/aromatic N) is 3. The number of anilines is 1. The molecular weight excluding hydrogens is 437 g/mol. The Hall–Kier alpha value is -1.64. The molecule has 0 amide bonds. The standard InChI is InChI=1S/C19H17Cl2N3O2S2/c20-15-6-7-16(21)18(12-15)28(25,26)24-10-8-23(9-11-24)19-22-17(13-27-19)14-4-2-1-3-5-14/h1-7,12-13H,8-11H2. The van der Waals surface area contributed by atoms with E-state index < -0.39 is 10.0 Å². The highest BCUT2D eigenvalue weighted by Gasteiger charge is 2.31. The average Bonchev–Trinajstić information content (AvgIpc) is 3.21. The molecule has 0 radical (unpaired) electrons. The van der Waals surface area contributed by atoms with Crippen molar-refractivity contribution in [1.29, 1.82) is 0 Å². The van der Waals surface area contributed by atoms with Gasteiger partial charge in [0.05, 0.1) is 10.7 Å². The van der Waals surface area contributed by atoms with Gasteiger partial charge in [0.2, 0.25) is 10.0 Å². The Labute approximate surface area is 178 Å². The number of hydrogen-bond donors (Lipinski definition) is 0. The molecule has 9 heteroatoms. The molecule has 1 saturated heterocycles. The lowest BCUT2D eigenvalue weighted by Gasteiger charge is -2.34. The highest BCUT2D eigenvalue weighted by molar-refractivity contribution is 7.89. The van der Waals surface area contributed by atoms with Crippen LogP contribution < -0.4 is 4.90 Å². The molecule has 3 aromatic rings. The highest BCUT2D eigenvalue weighted by atomic mass is 35.5. The van der Waals surface area contributed by atoms with E-state index in [9.17, 15) is 8.42 Å². The van der Waals surface area contributed by atoms with Gasteiger partial charge in [-0.05, 0) is 18.2 Å².